The number of carbonyl (C=O) groups is 2. The molecular formula is C12H20O4. The van der Waals surface area contributed by atoms with E-state index in [1.807, 2.05) is 0 Å². The molecule has 1 fully saturated rings. The minimum Gasteiger partial charge on any atom is -0.480 e. The van der Waals surface area contributed by atoms with Crippen LogP contribution in [-0.2, 0) is 14.3 Å². The van der Waals surface area contributed by atoms with E-state index in [1.165, 1.54) is 14.0 Å². The summed E-state index contributed by atoms with van der Waals surface area (Å²) in [5.74, 6) is -1.78. The smallest absolute Gasteiger partial charge is 0.323 e. The molecular weight excluding hydrogens is 208 g/mol. The summed E-state index contributed by atoms with van der Waals surface area (Å²) in [6.07, 6.45) is 5.88. The van der Waals surface area contributed by atoms with Crippen molar-refractivity contribution in [3.63, 3.8) is 0 Å². The topological polar surface area (TPSA) is 63.6 Å². The van der Waals surface area contributed by atoms with E-state index in [2.05, 4.69) is 4.74 Å². The van der Waals surface area contributed by atoms with Crippen LogP contribution in [0, 0.1) is 11.3 Å². The molecule has 0 amide bonds. The number of carboxylic acids is 1. The highest BCUT2D eigenvalue weighted by Crippen LogP contribution is 2.38. The standard InChI is InChI=1S/C12H20O4/c1-12(10(13)14,11(15)16-2)9-7-5-3-4-6-8-9/h9H,3-8H2,1-2H3,(H,13,14). The Morgan fingerprint density at radius 2 is 1.69 bits per heavy atom. The Bertz CT molecular complexity index is 266. The lowest BCUT2D eigenvalue weighted by atomic mass is 9.73. The molecule has 1 aliphatic rings. The Labute approximate surface area is 96.0 Å². The normalized spacial score (nSPS) is 21.9. The molecule has 0 heterocycles. The van der Waals surface area contributed by atoms with E-state index in [4.69, 9.17) is 0 Å². The fourth-order valence-electron chi connectivity index (χ4n) is 2.50. The van der Waals surface area contributed by atoms with Crippen molar-refractivity contribution in [2.24, 2.45) is 11.3 Å². The molecule has 1 atom stereocenters. The molecule has 0 aromatic rings. The fourth-order valence-corrected chi connectivity index (χ4v) is 2.50. The summed E-state index contributed by atoms with van der Waals surface area (Å²) in [4.78, 5) is 23.0. The summed E-state index contributed by atoms with van der Waals surface area (Å²) in [6.45, 7) is 1.50. The second-order valence-electron chi connectivity index (χ2n) is 4.69. The molecule has 1 N–H and O–H groups in total. The molecule has 16 heavy (non-hydrogen) atoms. The quantitative estimate of drug-likeness (QED) is 0.457. The van der Waals surface area contributed by atoms with E-state index in [9.17, 15) is 14.7 Å². The average molecular weight is 228 g/mol. The number of rotatable bonds is 3. The Balaban J connectivity index is 2.90. The van der Waals surface area contributed by atoms with Crippen LogP contribution in [0.25, 0.3) is 0 Å². The van der Waals surface area contributed by atoms with Gasteiger partial charge in [0.15, 0.2) is 5.41 Å². The monoisotopic (exact) mass is 228 g/mol. The third-order valence-electron chi connectivity index (χ3n) is 3.73. The van der Waals surface area contributed by atoms with Gasteiger partial charge in [-0.1, -0.05) is 25.7 Å². The van der Waals surface area contributed by atoms with Gasteiger partial charge in [-0.15, -0.1) is 0 Å². The maximum Gasteiger partial charge on any atom is 0.323 e. The summed E-state index contributed by atoms with van der Waals surface area (Å²) in [7, 11) is 1.25. The largest absolute Gasteiger partial charge is 0.480 e. The van der Waals surface area contributed by atoms with Crippen LogP contribution in [0.1, 0.15) is 45.4 Å². The van der Waals surface area contributed by atoms with Crippen LogP contribution in [0.4, 0.5) is 0 Å². The molecule has 0 spiro atoms. The summed E-state index contributed by atoms with van der Waals surface area (Å²) in [6, 6.07) is 0. The van der Waals surface area contributed by atoms with Crippen LogP contribution in [-0.4, -0.2) is 24.2 Å². The minimum absolute atomic E-state index is 0.0973. The van der Waals surface area contributed by atoms with Gasteiger partial charge in [0, 0.05) is 0 Å². The highest BCUT2D eigenvalue weighted by molar-refractivity contribution is 5.99. The Morgan fingerprint density at radius 1 is 1.19 bits per heavy atom. The van der Waals surface area contributed by atoms with Crippen LogP contribution >= 0.6 is 0 Å². The third kappa shape index (κ3) is 2.36. The molecule has 4 nitrogen and oxygen atoms in total. The lowest BCUT2D eigenvalue weighted by Gasteiger charge is -2.30. The van der Waals surface area contributed by atoms with Crippen LogP contribution < -0.4 is 0 Å². The highest BCUT2D eigenvalue weighted by atomic mass is 16.5. The van der Waals surface area contributed by atoms with Gasteiger partial charge in [-0.2, -0.15) is 0 Å². The van der Waals surface area contributed by atoms with E-state index in [-0.39, 0.29) is 5.92 Å². The number of carbonyl (C=O) groups excluding carboxylic acids is 1. The van der Waals surface area contributed by atoms with Gasteiger partial charge in [-0.05, 0) is 25.7 Å². The first-order valence-corrected chi connectivity index (χ1v) is 5.85. The highest BCUT2D eigenvalue weighted by Gasteiger charge is 2.49. The van der Waals surface area contributed by atoms with Gasteiger partial charge in [-0.3, -0.25) is 9.59 Å². The number of aliphatic carboxylic acids is 1. The number of ether oxygens (including phenoxy) is 1. The molecule has 0 aromatic heterocycles. The zero-order valence-electron chi connectivity index (χ0n) is 9.99. The van der Waals surface area contributed by atoms with E-state index >= 15 is 0 Å². The summed E-state index contributed by atoms with van der Waals surface area (Å²) in [5, 5.41) is 9.28. The molecule has 1 unspecified atom stereocenters. The Morgan fingerprint density at radius 3 is 2.06 bits per heavy atom. The summed E-state index contributed by atoms with van der Waals surface area (Å²) >= 11 is 0. The SMILES string of the molecule is COC(=O)C(C)(C(=O)O)C1CCCCCC1. The molecule has 1 saturated carbocycles. The Hall–Kier alpha value is -1.06. The van der Waals surface area contributed by atoms with Crippen molar-refractivity contribution >= 4 is 11.9 Å². The number of esters is 1. The zero-order valence-corrected chi connectivity index (χ0v) is 9.99. The van der Waals surface area contributed by atoms with Gasteiger partial charge in [0.25, 0.3) is 0 Å². The Kier molecular flexibility index (Phi) is 4.33. The average Bonchev–Trinajstić information content (AvgIpc) is 2.55. The van der Waals surface area contributed by atoms with Crippen molar-refractivity contribution in [1.29, 1.82) is 0 Å². The van der Waals surface area contributed by atoms with Crippen molar-refractivity contribution < 1.29 is 19.4 Å². The predicted octanol–water partition coefficient (Wildman–Crippen LogP) is 2.22. The van der Waals surface area contributed by atoms with Crippen molar-refractivity contribution in [3.8, 4) is 0 Å². The number of hydrogen-bond donors (Lipinski definition) is 1. The van der Waals surface area contributed by atoms with Gasteiger partial charge >= 0.3 is 11.9 Å². The lowest BCUT2D eigenvalue weighted by molar-refractivity contribution is -0.170. The number of methoxy groups -OCH3 is 1. The second kappa shape index (κ2) is 5.32. The summed E-state index contributed by atoms with van der Waals surface area (Å²) < 4.78 is 4.65. The van der Waals surface area contributed by atoms with Gasteiger partial charge in [0.2, 0.25) is 0 Å². The minimum atomic E-state index is -1.38. The van der Waals surface area contributed by atoms with Crippen LogP contribution in [0.2, 0.25) is 0 Å². The molecule has 0 saturated heterocycles. The van der Waals surface area contributed by atoms with Crippen LogP contribution in [0.3, 0.4) is 0 Å². The summed E-state index contributed by atoms with van der Waals surface area (Å²) in [5.41, 5.74) is -1.38. The van der Waals surface area contributed by atoms with Crippen LogP contribution in [0.5, 0.6) is 0 Å². The lowest BCUT2D eigenvalue weighted by Crippen LogP contribution is -2.43. The number of hydrogen-bond acceptors (Lipinski definition) is 3. The van der Waals surface area contributed by atoms with Crippen molar-refractivity contribution in [2.45, 2.75) is 45.4 Å². The molecule has 92 valence electrons. The fraction of sp³-hybridized carbons (Fsp3) is 0.833. The van der Waals surface area contributed by atoms with Gasteiger partial charge < -0.3 is 9.84 Å². The van der Waals surface area contributed by atoms with Crippen molar-refractivity contribution in [2.75, 3.05) is 7.11 Å². The second-order valence-corrected chi connectivity index (χ2v) is 4.69. The van der Waals surface area contributed by atoms with Gasteiger partial charge in [0.05, 0.1) is 7.11 Å². The maximum atomic E-state index is 11.7. The van der Waals surface area contributed by atoms with Crippen molar-refractivity contribution in [3.05, 3.63) is 0 Å². The van der Waals surface area contributed by atoms with E-state index in [0.29, 0.717) is 0 Å². The first-order valence-electron chi connectivity index (χ1n) is 5.85. The molecule has 0 radical (unpaired) electrons. The van der Waals surface area contributed by atoms with E-state index < -0.39 is 17.4 Å². The van der Waals surface area contributed by atoms with E-state index in [1.54, 1.807) is 0 Å². The first kappa shape index (κ1) is 13.0. The zero-order chi connectivity index (χ0) is 12.2. The van der Waals surface area contributed by atoms with Crippen molar-refractivity contribution in [1.82, 2.24) is 0 Å². The van der Waals surface area contributed by atoms with Gasteiger partial charge in [0.1, 0.15) is 0 Å². The molecule has 4 heteroatoms. The molecule has 0 bridgehead atoms. The third-order valence-corrected chi connectivity index (χ3v) is 3.73. The van der Waals surface area contributed by atoms with Gasteiger partial charge in [-0.25, -0.2) is 0 Å². The molecule has 1 rings (SSSR count). The first-order chi connectivity index (χ1) is 7.53. The number of carboxylic acid groups (broad SMARTS) is 1. The van der Waals surface area contributed by atoms with Crippen LogP contribution in [0.15, 0.2) is 0 Å². The molecule has 0 aromatic carbocycles. The molecule has 0 aliphatic heterocycles. The maximum absolute atomic E-state index is 11.7. The van der Waals surface area contributed by atoms with E-state index in [0.717, 1.165) is 38.5 Å². The molecule has 1 aliphatic carbocycles. The predicted molar refractivity (Wildman–Crippen MR) is 59.0 cm³/mol.